The van der Waals surface area contributed by atoms with Crippen molar-refractivity contribution in [2.45, 2.75) is 76.9 Å². The molecule has 2 atom stereocenters. The fraction of sp³-hybridized carbons (Fsp3) is 0.421. The Kier molecular flexibility index (Phi) is 15.6. The molecule has 0 spiro atoms. The number of aliphatic hydroxyl groups is 2. The summed E-state index contributed by atoms with van der Waals surface area (Å²) in [6, 6.07) is 33.6. The van der Waals surface area contributed by atoms with Gasteiger partial charge < -0.3 is 19.7 Å². The minimum absolute atomic E-state index is 0.308. The molecule has 0 radical (unpaired) electrons. The Bertz CT molecular complexity index is 1420. The van der Waals surface area contributed by atoms with Crippen molar-refractivity contribution in [1.82, 2.24) is 0 Å². The van der Waals surface area contributed by atoms with Gasteiger partial charge >= 0.3 is 195 Å². The predicted octanol–water partition coefficient (Wildman–Crippen LogP) is 6.28. The summed E-state index contributed by atoms with van der Waals surface area (Å²) in [6.07, 6.45) is 10.6. The van der Waals surface area contributed by atoms with E-state index < -0.39 is 29.6 Å². The van der Waals surface area contributed by atoms with Crippen LogP contribution < -0.4 is 15.9 Å². The molecular formula is C38H53O7PS. The van der Waals surface area contributed by atoms with Crippen molar-refractivity contribution >= 4 is 33.3 Å². The standard InChI is InChI=1S/C37H49O4P.CH4O3S/c1-29-33(35(39)37(41-3)36(40-2)34(29)38)27-19-8-6-4-5-7-9-20-28-42(30-21-13-10-14-22-30,31-23-15-11-16-24-31)32-25-17-12-18-26-32;1-5(2,3)4/h10-18,21-26,34-35,38-39,42H,4-9,19-20,27-28H2,1-3H3;1H3,(H,2,3,4). The minimum Gasteiger partial charge on any atom is -0.381 e. The molecule has 0 saturated carbocycles. The molecule has 47 heavy (non-hydrogen) atoms. The number of aliphatic hydroxyl groups excluding tert-OH is 2. The zero-order valence-electron chi connectivity index (χ0n) is 28.3. The Morgan fingerprint density at radius 3 is 1.34 bits per heavy atom. The van der Waals surface area contributed by atoms with E-state index in [1.807, 2.05) is 6.92 Å². The van der Waals surface area contributed by atoms with Crippen molar-refractivity contribution in [3.63, 3.8) is 0 Å². The van der Waals surface area contributed by atoms with Crippen LogP contribution in [0.2, 0.25) is 0 Å². The van der Waals surface area contributed by atoms with Crippen molar-refractivity contribution < 1.29 is 32.7 Å². The minimum atomic E-state index is -3.67. The molecule has 3 N–H and O–H groups in total. The van der Waals surface area contributed by atoms with Crippen LogP contribution in [-0.4, -0.2) is 62.0 Å². The SMILES string of the molecule is COC1=C(OC)C(O)C(CCCCCCCCCC[PH](c2ccccc2)(c2ccccc2)c2ccccc2)=C(C)C1O.CS(=O)(=O)O. The van der Waals surface area contributed by atoms with E-state index in [-0.39, 0.29) is 0 Å². The zero-order valence-corrected chi connectivity index (χ0v) is 30.1. The van der Waals surface area contributed by atoms with E-state index in [9.17, 15) is 18.6 Å². The maximum atomic E-state index is 10.8. The molecular weight excluding hydrogens is 631 g/mol. The number of rotatable bonds is 16. The molecule has 3 aromatic carbocycles. The van der Waals surface area contributed by atoms with Crippen LogP contribution in [0.25, 0.3) is 0 Å². The topological polar surface area (TPSA) is 113 Å². The van der Waals surface area contributed by atoms with Gasteiger partial charge in [-0.1, -0.05) is 0 Å². The second-order valence-electron chi connectivity index (χ2n) is 12.2. The Hall–Kier alpha value is -3.00. The van der Waals surface area contributed by atoms with Gasteiger partial charge in [-0.15, -0.1) is 0 Å². The third-order valence-electron chi connectivity index (χ3n) is 8.97. The number of hydrogen-bond acceptors (Lipinski definition) is 6. The van der Waals surface area contributed by atoms with E-state index in [4.69, 9.17) is 14.0 Å². The number of ether oxygens (including phenoxy) is 2. The van der Waals surface area contributed by atoms with E-state index in [0.29, 0.717) is 17.8 Å². The van der Waals surface area contributed by atoms with Gasteiger partial charge in [0.2, 0.25) is 0 Å². The molecule has 4 rings (SSSR count). The van der Waals surface area contributed by atoms with Crippen molar-refractivity contribution in [2.75, 3.05) is 26.6 Å². The Morgan fingerprint density at radius 2 is 0.957 bits per heavy atom. The summed E-state index contributed by atoms with van der Waals surface area (Å²) in [7, 11) is -2.78. The molecule has 0 bridgehead atoms. The van der Waals surface area contributed by atoms with Crippen LogP contribution in [0.4, 0.5) is 0 Å². The molecule has 0 saturated heterocycles. The summed E-state index contributed by atoms with van der Waals surface area (Å²) in [5.74, 6) is 0.631. The average molecular weight is 685 g/mol. The van der Waals surface area contributed by atoms with Gasteiger partial charge in [0.05, 0.1) is 20.5 Å². The van der Waals surface area contributed by atoms with E-state index in [2.05, 4.69) is 91.0 Å². The van der Waals surface area contributed by atoms with E-state index >= 15 is 0 Å². The Labute approximate surface area is 282 Å². The predicted molar refractivity (Wildman–Crippen MR) is 196 cm³/mol. The van der Waals surface area contributed by atoms with Gasteiger partial charge in [-0.2, -0.15) is 8.42 Å². The molecule has 0 aliphatic heterocycles. The summed E-state index contributed by atoms with van der Waals surface area (Å²) >= 11 is 0. The van der Waals surface area contributed by atoms with Gasteiger partial charge in [0.15, 0.2) is 11.5 Å². The van der Waals surface area contributed by atoms with Gasteiger partial charge in [-0.3, -0.25) is 4.55 Å². The molecule has 1 aliphatic carbocycles. The Morgan fingerprint density at radius 1 is 0.617 bits per heavy atom. The van der Waals surface area contributed by atoms with Crippen LogP contribution >= 0.6 is 7.26 Å². The van der Waals surface area contributed by atoms with Gasteiger partial charge in [-0.25, -0.2) is 0 Å². The fourth-order valence-corrected chi connectivity index (χ4v) is 11.6. The molecule has 3 aromatic rings. The van der Waals surface area contributed by atoms with Crippen LogP contribution in [-0.2, 0) is 19.6 Å². The number of methoxy groups -OCH3 is 2. The third-order valence-corrected chi connectivity index (χ3v) is 14.0. The first kappa shape index (κ1) is 38.4. The van der Waals surface area contributed by atoms with E-state index in [0.717, 1.165) is 30.4 Å². The molecule has 7 nitrogen and oxygen atoms in total. The van der Waals surface area contributed by atoms with E-state index in [1.54, 1.807) is 0 Å². The molecule has 0 fully saturated rings. The van der Waals surface area contributed by atoms with Gasteiger partial charge in [0.25, 0.3) is 10.1 Å². The number of benzene rings is 3. The van der Waals surface area contributed by atoms with Crippen molar-refractivity contribution in [3.8, 4) is 0 Å². The molecule has 0 heterocycles. The van der Waals surface area contributed by atoms with Crippen LogP contribution in [0.5, 0.6) is 0 Å². The summed E-state index contributed by atoms with van der Waals surface area (Å²) in [5, 5.41) is 25.9. The first-order valence-electron chi connectivity index (χ1n) is 16.5. The number of unbranched alkanes of at least 4 members (excludes halogenated alkanes) is 7. The third kappa shape index (κ3) is 11.0. The summed E-state index contributed by atoms with van der Waals surface area (Å²) in [5.41, 5.74) is 1.64. The number of hydrogen-bond donors (Lipinski definition) is 3. The molecule has 1 aliphatic rings. The maximum absolute atomic E-state index is 10.8. The second kappa shape index (κ2) is 19.1. The molecule has 0 aromatic heterocycles. The van der Waals surface area contributed by atoms with Crippen molar-refractivity contribution in [1.29, 1.82) is 0 Å². The van der Waals surface area contributed by atoms with Crippen LogP contribution in [0.1, 0.15) is 64.7 Å². The zero-order chi connectivity index (χ0) is 34.3. The van der Waals surface area contributed by atoms with Crippen LogP contribution in [0.15, 0.2) is 114 Å². The average Bonchev–Trinajstić information content (AvgIpc) is 3.07. The Balaban J connectivity index is 0.00000111. The molecule has 2 unspecified atom stereocenters. The van der Waals surface area contributed by atoms with Gasteiger partial charge in [0.1, 0.15) is 6.10 Å². The van der Waals surface area contributed by atoms with Crippen molar-refractivity contribution in [3.05, 3.63) is 114 Å². The quantitative estimate of drug-likeness (QED) is 0.0705. The van der Waals surface area contributed by atoms with Crippen LogP contribution in [0, 0.1) is 0 Å². The fourth-order valence-electron chi connectivity index (χ4n) is 6.64. The van der Waals surface area contributed by atoms with Gasteiger partial charge in [-0.05, 0) is 6.92 Å². The first-order chi connectivity index (χ1) is 22.5. The first-order valence-corrected chi connectivity index (χ1v) is 20.6. The van der Waals surface area contributed by atoms with Crippen molar-refractivity contribution in [2.24, 2.45) is 0 Å². The van der Waals surface area contributed by atoms with E-state index in [1.165, 1.54) is 74.8 Å². The van der Waals surface area contributed by atoms with Gasteiger partial charge in [0, 0.05) is 0 Å². The monoisotopic (exact) mass is 684 g/mol. The molecule has 258 valence electrons. The molecule has 9 heteroatoms. The smallest absolute Gasteiger partial charge is 0.381 e. The molecule has 0 amide bonds. The summed E-state index contributed by atoms with van der Waals surface area (Å²) in [6.45, 7) is 1.87. The summed E-state index contributed by atoms with van der Waals surface area (Å²) < 4.78 is 36.5. The normalized spacial score (nSPS) is 17.2. The second-order valence-corrected chi connectivity index (χ2v) is 17.7. The van der Waals surface area contributed by atoms with Crippen LogP contribution in [0.3, 0.4) is 0 Å². The summed E-state index contributed by atoms with van der Waals surface area (Å²) in [4.78, 5) is 0.